The molecule has 0 radical (unpaired) electrons. The largest absolute Gasteiger partial charge is 0.382 e. The first kappa shape index (κ1) is 11.5. The summed E-state index contributed by atoms with van der Waals surface area (Å²) in [6.45, 7) is 3.29. The maximum absolute atomic E-state index is 5.97. The molecule has 1 fully saturated rings. The molecule has 2 aromatic rings. The van der Waals surface area contributed by atoms with Gasteiger partial charge in [0.05, 0.1) is 5.56 Å². The second-order valence-electron chi connectivity index (χ2n) is 5.17. The highest BCUT2D eigenvalue weighted by Gasteiger charge is 2.37. The number of nitrogen functional groups attached to an aromatic ring is 1. The van der Waals surface area contributed by atoms with Crippen LogP contribution in [0.5, 0.6) is 0 Å². The number of nitrogens with one attached hydrogen (secondary N) is 1. The maximum atomic E-state index is 5.97. The van der Waals surface area contributed by atoms with E-state index in [2.05, 4.69) is 21.6 Å². The van der Waals surface area contributed by atoms with Crippen molar-refractivity contribution in [2.24, 2.45) is 5.41 Å². The molecule has 3 N–H and O–H groups in total. The molecule has 2 aromatic heterocycles. The lowest BCUT2D eigenvalue weighted by Crippen LogP contribution is -2.11. The highest BCUT2D eigenvalue weighted by Crippen LogP contribution is 2.46. The Morgan fingerprint density at radius 2 is 2.11 bits per heavy atom. The Morgan fingerprint density at radius 3 is 2.78 bits per heavy atom. The molecule has 4 nitrogen and oxygen atoms in total. The first-order valence-electron chi connectivity index (χ1n) is 6.07. The zero-order valence-electron chi connectivity index (χ0n) is 10.3. The number of hydrogen-bond donors (Lipinski definition) is 2. The molecule has 1 aliphatic rings. The molecule has 0 unspecified atom stereocenters. The van der Waals surface area contributed by atoms with E-state index in [1.807, 2.05) is 12.1 Å². The molecule has 3 rings (SSSR count). The number of pyridine rings is 1. The molecule has 0 bridgehead atoms. The van der Waals surface area contributed by atoms with Crippen LogP contribution in [0.3, 0.4) is 0 Å². The van der Waals surface area contributed by atoms with Gasteiger partial charge in [0.15, 0.2) is 0 Å². The molecule has 0 spiro atoms. The average molecular weight is 260 g/mol. The summed E-state index contributed by atoms with van der Waals surface area (Å²) < 4.78 is 4.25. The van der Waals surface area contributed by atoms with Crippen molar-refractivity contribution in [1.82, 2.24) is 9.36 Å². The zero-order valence-corrected chi connectivity index (χ0v) is 11.1. The third kappa shape index (κ3) is 2.18. The van der Waals surface area contributed by atoms with E-state index in [0.717, 1.165) is 22.7 Å². The van der Waals surface area contributed by atoms with Crippen molar-refractivity contribution in [2.75, 3.05) is 17.6 Å². The molecule has 0 aliphatic heterocycles. The molecule has 0 saturated heterocycles. The van der Waals surface area contributed by atoms with Crippen molar-refractivity contribution in [1.29, 1.82) is 0 Å². The van der Waals surface area contributed by atoms with Crippen LogP contribution in [-0.2, 0) is 0 Å². The molecule has 0 aromatic carbocycles. The number of anilines is 2. The molecule has 18 heavy (non-hydrogen) atoms. The Hall–Kier alpha value is -1.62. The van der Waals surface area contributed by atoms with Crippen LogP contribution in [0.1, 0.15) is 19.8 Å². The molecule has 0 atom stereocenters. The molecule has 0 amide bonds. The summed E-state index contributed by atoms with van der Waals surface area (Å²) >= 11 is 1.43. The molecule has 94 valence electrons. The van der Waals surface area contributed by atoms with Crippen LogP contribution in [0.4, 0.5) is 10.8 Å². The van der Waals surface area contributed by atoms with E-state index in [0.29, 0.717) is 11.2 Å². The summed E-state index contributed by atoms with van der Waals surface area (Å²) in [7, 11) is 0. The van der Waals surface area contributed by atoms with E-state index in [9.17, 15) is 0 Å². The van der Waals surface area contributed by atoms with Crippen LogP contribution in [0.15, 0.2) is 24.5 Å². The second kappa shape index (κ2) is 4.24. The third-order valence-corrected chi connectivity index (χ3v) is 4.29. The van der Waals surface area contributed by atoms with Gasteiger partial charge in [-0.15, -0.1) is 0 Å². The van der Waals surface area contributed by atoms with Gasteiger partial charge in [-0.1, -0.05) is 6.92 Å². The van der Waals surface area contributed by atoms with Gasteiger partial charge >= 0.3 is 0 Å². The first-order valence-corrected chi connectivity index (χ1v) is 6.85. The van der Waals surface area contributed by atoms with Crippen LogP contribution in [0, 0.1) is 5.41 Å². The van der Waals surface area contributed by atoms with Gasteiger partial charge in [-0.3, -0.25) is 4.98 Å². The minimum absolute atomic E-state index is 0.467. The van der Waals surface area contributed by atoms with Crippen molar-refractivity contribution >= 4 is 22.4 Å². The lowest BCUT2D eigenvalue weighted by Gasteiger charge is -2.11. The van der Waals surface area contributed by atoms with Gasteiger partial charge in [0.25, 0.3) is 0 Å². The van der Waals surface area contributed by atoms with Gasteiger partial charge in [0, 0.05) is 18.9 Å². The molecule has 1 aliphatic carbocycles. The molecule has 5 heteroatoms. The van der Waals surface area contributed by atoms with Crippen LogP contribution < -0.4 is 11.1 Å². The minimum Gasteiger partial charge on any atom is -0.382 e. The van der Waals surface area contributed by atoms with E-state index in [1.54, 1.807) is 12.4 Å². The lowest BCUT2D eigenvalue weighted by atomic mass is 10.1. The van der Waals surface area contributed by atoms with Crippen LogP contribution >= 0.6 is 11.5 Å². The molecular weight excluding hydrogens is 244 g/mol. The number of nitrogens with zero attached hydrogens (tertiary/aromatic N) is 2. The average Bonchev–Trinajstić information content (AvgIpc) is 3.00. The quantitative estimate of drug-likeness (QED) is 0.887. The predicted octanol–water partition coefficient (Wildman–Crippen LogP) is 3.00. The van der Waals surface area contributed by atoms with Crippen molar-refractivity contribution in [3.8, 4) is 11.1 Å². The normalized spacial score (nSPS) is 16.5. The maximum Gasteiger partial charge on any atom is 0.147 e. The van der Waals surface area contributed by atoms with E-state index in [1.165, 1.54) is 24.4 Å². The first-order chi connectivity index (χ1) is 8.68. The van der Waals surface area contributed by atoms with Crippen molar-refractivity contribution in [3.63, 3.8) is 0 Å². The molecule has 1 saturated carbocycles. The van der Waals surface area contributed by atoms with Crippen molar-refractivity contribution in [2.45, 2.75) is 19.8 Å². The second-order valence-corrected chi connectivity index (χ2v) is 5.95. The monoisotopic (exact) mass is 260 g/mol. The predicted molar refractivity (Wildman–Crippen MR) is 75.6 cm³/mol. The SMILES string of the molecule is CC1(CNc2snc(N)c2-c2ccncc2)CC1. The van der Waals surface area contributed by atoms with Crippen molar-refractivity contribution in [3.05, 3.63) is 24.5 Å². The Bertz CT molecular complexity index is 545. The topological polar surface area (TPSA) is 63.8 Å². The Kier molecular flexibility index (Phi) is 2.70. The van der Waals surface area contributed by atoms with E-state index >= 15 is 0 Å². The number of hydrogen-bond acceptors (Lipinski definition) is 5. The van der Waals surface area contributed by atoms with E-state index in [4.69, 9.17) is 5.73 Å². The number of rotatable bonds is 4. The summed E-state index contributed by atoms with van der Waals surface area (Å²) in [6.07, 6.45) is 6.16. The summed E-state index contributed by atoms with van der Waals surface area (Å²) in [5.74, 6) is 0.592. The Labute approximate surface area is 110 Å². The standard InChI is InChI=1S/C13H16N4S/c1-13(4-5-13)8-16-12-10(11(14)17-18-12)9-2-6-15-7-3-9/h2-3,6-7,16H,4-5,8H2,1H3,(H2,14,17). The van der Waals surface area contributed by atoms with Gasteiger partial charge in [-0.25, -0.2) is 0 Å². The van der Waals surface area contributed by atoms with Gasteiger partial charge in [-0.05, 0) is 47.5 Å². The van der Waals surface area contributed by atoms with Crippen LogP contribution in [0.25, 0.3) is 11.1 Å². The third-order valence-electron chi connectivity index (χ3n) is 3.47. The fourth-order valence-corrected chi connectivity index (χ4v) is 2.64. The highest BCUT2D eigenvalue weighted by molar-refractivity contribution is 7.11. The van der Waals surface area contributed by atoms with Crippen LogP contribution in [-0.4, -0.2) is 15.9 Å². The Morgan fingerprint density at radius 1 is 1.39 bits per heavy atom. The fraction of sp³-hybridized carbons (Fsp3) is 0.385. The van der Waals surface area contributed by atoms with E-state index < -0.39 is 0 Å². The Balaban J connectivity index is 1.87. The van der Waals surface area contributed by atoms with Gasteiger partial charge < -0.3 is 11.1 Å². The van der Waals surface area contributed by atoms with Gasteiger partial charge in [-0.2, -0.15) is 4.37 Å². The summed E-state index contributed by atoms with van der Waals surface area (Å²) in [4.78, 5) is 4.03. The number of aromatic nitrogens is 2. The van der Waals surface area contributed by atoms with Crippen LogP contribution in [0.2, 0.25) is 0 Å². The van der Waals surface area contributed by atoms with E-state index in [-0.39, 0.29) is 0 Å². The lowest BCUT2D eigenvalue weighted by molar-refractivity contribution is 0.611. The molecular formula is C13H16N4S. The molecule has 2 heterocycles. The number of nitrogens with two attached hydrogens (primary N) is 1. The smallest absolute Gasteiger partial charge is 0.147 e. The van der Waals surface area contributed by atoms with Crippen molar-refractivity contribution < 1.29 is 0 Å². The van der Waals surface area contributed by atoms with Gasteiger partial charge in [0.2, 0.25) is 0 Å². The van der Waals surface area contributed by atoms with Gasteiger partial charge in [0.1, 0.15) is 10.8 Å². The summed E-state index contributed by atoms with van der Waals surface area (Å²) in [5, 5.41) is 4.55. The highest BCUT2D eigenvalue weighted by atomic mass is 32.1. The summed E-state index contributed by atoms with van der Waals surface area (Å²) in [6, 6.07) is 3.92. The fourth-order valence-electron chi connectivity index (χ4n) is 1.90. The minimum atomic E-state index is 0.467. The zero-order chi connectivity index (χ0) is 12.6. The summed E-state index contributed by atoms with van der Waals surface area (Å²) in [5.41, 5.74) is 8.51.